The summed E-state index contributed by atoms with van der Waals surface area (Å²) in [7, 11) is 0. The van der Waals surface area contributed by atoms with Crippen LogP contribution in [0.4, 0.5) is 0 Å². The van der Waals surface area contributed by atoms with Gasteiger partial charge >= 0.3 is 0 Å². The Bertz CT molecular complexity index is 102. The molecule has 0 bridgehead atoms. The maximum Gasteiger partial charge on any atom is 0.0221 e. The van der Waals surface area contributed by atoms with Crippen LogP contribution in [0.5, 0.6) is 0 Å². The zero-order valence-corrected chi connectivity index (χ0v) is 7.03. The van der Waals surface area contributed by atoms with Gasteiger partial charge in [0.05, 0.1) is 0 Å². The van der Waals surface area contributed by atoms with Crippen molar-refractivity contribution >= 4 is 0 Å². The van der Waals surface area contributed by atoms with Gasteiger partial charge in [-0.1, -0.05) is 0 Å². The lowest BCUT2D eigenvalue weighted by Gasteiger charge is -2.40. The lowest BCUT2D eigenvalue weighted by Crippen LogP contribution is -2.45. The average Bonchev–Trinajstić information content (AvgIpc) is 2.07. The summed E-state index contributed by atoms with van der Waals surface area (Å²) in [6, 6.07) is 0. The van der Waals surface area contributed by atoms with Crippen molar-refractivity contribution in [2.75, 3.05) is 19.6 Å². The van der Waals surface area contributed by atoms with E-state index in [9.17, 15) is 0 Å². The van der Waals surface area contributed by atoms with Gasteiger partial charge in [-0.15, -0.1) is 0 Å². The number of hydrogen-bond donors (Lipinski definition) is 2. The quantitative estimate of drug-likeness (QED) is 0.540. The van der Waals surface area contributed by atoms with Gasteiger partial charge in [-0.05, 0) is 44.2 Å². The summed E-state index contributed by atoms with van der Waals surface area (Å²) >= 11 is 0. The zero-order valence-electron chi connectivity index (χ0n) is 7.03. The first kappa shape index (κ1) is 7.56. The van der Waals surface area contributed by atoms with E-state index in [0.29, 0.717) is 5.41 Å². The van der Waals surface area contributed by atoms with Crippen LogP contribution in [0.2, 0.25) is 0 Å². The molecule has 0 saturated carbocycles. The summed E-state index contributed by atoms with van der Waals surface area (Å²) in [6.07, 6.45) is 5.41. The van der Waals surface area contributed by atoms with Crippen LogP contribution in [0, 0.1) is 12.0 Å². The van der Waals surface area contributed by atoms with Crippen molar-refractivity contribution in [1.82, 2.24) is 10.6 Å². The van der Waals surface area contributed by atoms with Crippen LogP contribution in [0.3, 0.4) is 0 Å². The highest BCUT2D eigenvalue weighted by molar-refractivity contribution is 4.91. The molecule has 2 aliphatic heterocycles. The Morgan fingerprint density at radius 3 is 2.55 bits per heavy atom. The lowest BCUT2D eigenvalue weighted by atomic mass is 9.73. The van der Waals surface area contributed by atoms with Crippen LogP contribution in [-0.2, 0) is 0 Å². The molecule has 0 aromatic rings. The van der Waals surface area contributed by atoms with Gasteiger partial charge in [-0.25, -0.2) is 0 Å². The molecule has 1 spiro atoms. The van der Waals surface area contributed by atoms with Gasteiger partial charge in [0, 0.05) is 13.1 Å². The standard InChI is InChI=1S/C9H17N2/c1-2-9(8-11-5-1)3-6-10-7-4-9/h5,10-11H,1-4,6-8H2. The van der Waals surface area contributed by atoms with Gasteiger partial charge in [-0.3, -0.25) is 0 Å². The second-order valence-electron chi connectivity index (χ2n) is 3.87. The maximum absolute atomic E-state index is 3.42. The van der Waals surface area contributed by atoms with Gasteiger partial charge in [0.2, 0.25) is 0 Å². The van der Waals surface area contributed by atoms with Crippen molar-refractivity contribution in [3.05, 3.63) is 6.54 Å². The van der Waals surface area contributed by atoms with Crippen molar-refractivity contribution in [2.45, 2.75) is 25.7 Å². The van der Waals surface area contributed by atoms with Crippen molar-refractivity contribution < 1.29 is 0 Å². The highest BCUT2D eigenvalue weighted by Gasteiger charge is 2.32. The second-order valence-corrected chi connectivity index (χ2v) is 3.87. The first-order chi connectivity index (χ1) is 5.41. The predicted molar refractivity (Wildman–Crippen MR) is 46.1 cm³/mol. The normalized spacial score (nSPS) is 30.5. The minimum atomic E-state index is 0.653. The minimum absolute atomic E-state index is 0.653. The second kappa shape index (κ2) is 3.11. The Kier molecular flexibility index (Phi) is 2.14. The smallest absolute Gasteiger partial charge is 0.0221 e. The molecule has 0 amide bonds. The highest BCUT2D eigenvalue weighted by Crippen LogP contribution is 2.35. The van der Waals surface area contributed by atoms with Gasteiger partial charge in [0.1, 0.15) is 0 Å². The van der Waals surface area contributed by atoms with Crippen molar-refractivity contribution in [3.8, 4) is 0 Å². The SMILES string of the molecule is [CH]1CCC2(CCNCC2)CN1. The van der Waals surface area contributed by atoms with Crippen molar-refractivity contribution in [3.63, 3.8) is 0 Å². The van der Waals surface area contributed by atoms with Crippen LogP contribution in [0.25, 0.3) is 0 Å². The molecule has 2 saturated heterocycles. The fraction of sp³-hybridized carbons (Fsp3) is 0.889. The molecule has 2 rings (SSSR count). The molecular weight excluding hydrogens is 136 g/mol. The van der Waals surface area contributed by atoms with E-state index in [2.05, 4.69) is 17.2 Å². The lowest BCUT2D eigenvalue weighted by molar-refractivity contribution is 0.162. The van der Waals surface area contributed by atoms with Crippen LogP contribution < -0.4 is 10.6 Å². The molecule has 0 aromatic heterocycles. The molecule has 0 atom stereocenters. The molecule has 2 fully saturated rings. The van der Waals surface area contributed by atoms with E-state index >= 15 is 0 Å². The molecule has 2 heterocycles. The van der Waals surface area contributed by atoms with Crippen molar-refractivity contribution in [1.29, 1.82) is 0 Å². The van der Waals surface area contributed by atoms with Crippen LogP contribution in [-0.4, -0.2) is 19.6 Å². The largest absolute Gasteiger partial charge is 0.317 e. The van der Waals surface area contributed by atoms with E-state index in [1.807, 2.05) is 0 Å². The van der Waals surface area contributed by atoms with E-state index in [1.165, 1.54) is 45.3 Å². The molecule has 2 nitrogen and oxygen atoms in total. The topological polar surface area (TPSA) is 24.1 Å². The highest BCUT2D eigenvalue weighted by atomic mass is 14.9. The summed E-state index contributed by atoms with van der Waals surface area (Å²) < 4.78 is 0. The van der Waals surface area contributed by atoms with Crippen LogP contribution in [0.1, 0.15) is 25.7 Å². The number of hydrogen-bond acceptors (Lipinski definition) is 2. The van der Waals surface area contributed by atoms with E-state index in [4.69, 9.17) is 0 Å². The summed E-state index contributed by atoms with van der Waals surface area (Å²) in [5.41, 5.74) is 0.653. The first-order valence-corrected chi connectivity index (χ1v) is 4.67. The van der Waals surface area contributed by atoms with Crippen LogP contribution in [0.15, 0.2) is 0 Å². The molecule has 11 heavy (non-hydrogen) atoms. The Labute approximate surface area is 68.7 Å². The van der Waals surface area contributed by atoms with E-state index < -0.39 is 0 Å². The third-order valence-corrected chi connectivity index (χ3v) is 3.10. The third kappa shape index (κ3) is 1.57. The molecule has 1 radical (unpaired) electrons. The summed E-state index contributed by atoms with van der Waals surface area (Å²) in [4.78, 5) is 0. The average molecular weight is 153 g/mol. The molecule has 0 unspecified atom stereocenters. The Balaban J connectivity index is 1.94. The number of rotatable bonds is 0. The maximum atomic E-state index is 3.42. The Morgan fingerprint density at radius 1 is 1.09 bits per heavy atom. The summed E-state index contributed by atoms with van der Waals surface area (Å²) in [6.45, 7) is 5.88. The van der Waals surface area contributed by atoms with Gasteiger partial charge in [0.15, 0.2) is 0 Å². The summed E-state index contributed by atoms with van der Waals surface area (Å²) in [5.74, 6) is 0. The molecule has 0 aromatic carbocycles. The number of nitrogens with one attached hydrogen (secondary N) is 2. The molecule has 2 heteroatoms. The van der Waals surface area contributed by atoms with E-state index in [1.54, 1.807) is 0 Å². The van der Waals surface area contributed by atoms with Gasteiger partial charge < -0.3 is 10.6 Å². The summed E-state index contributed by atoms with van der Waals surface area (Å²) in [5, 5.41) is 6.81. The van der Waals surface area contributed by atoms with Crippen LogP contribution >= 0.6 is 0 Å². The minimum Gasteiger partial charge on any atom is -0.317 e. The monoisotopic (exact) mass is 153 g/mol. The molecular formula is C9H17N2. The first-order valence-electron chi connectivity index (χ1n) is 4.67. The third-order valence-electron chi connectivity index (χ3n) is 3.10. The zero-order chi connectivity index (χ0) is 7.57. The molecule has 0 aliphatic carbocycles. The Hall–Kier alpha value is -0.0800. The van der Waals surface area contributed by atoms with Crippen molar-refractivity contribution in [2.24, 2.45) is 5.41 Å². The van der Waals surface area contributed by atoms with E-state index in [-0.39, 0.29) is 0 Å². The predicted octanol–water partition coefficient (Wildman–Crippen LogP) is 0.901. The van der Waals surface area contributed by atoms with Gasteiger partial charge in [0.25, 0.3) is 0 Å². The Morgan fingerprint density at radius 2 is 1.91 bits per heavy atom. The van der Waals surface area contributed by atoms with E-state index in [0.717, 1.165) is 0 Å². The van der Waals surface area contributed by atoms with Gasteiger partial charge in [-0.2, -0.15) is 0 Å². The molecule has 2 N–H and O–H groups in total. The molecule has 63 valence electrons. The molecule has 2 aliphatic rings. The fourth-order valence-electron chi connectivity index (χ4n) is 2.24. The number of piperidine rings is 2. The fourth-order valence-corrected chi connectivity index (χ4v) is 2.24.